The van der Waals surface area contributed by atoms with Gasteiger partial charge >= 0.3 is 0 Å². The van der Waals surface area contributed by atoms with Gasteiger partial charge in [-0.2, -0.15) is 0 Å². The zero-order valence-corrected chi connectivity index (χ0v) is 36.9. The minimum Gasteiger partial charge on any atom is -0.394 e. The summed E-state index contributed by atoms with van der Waals surface area (Å²) in [4.78, 5) is 13.0. The summed E-state index contributed by atoms with van der Waals surface area (Å²) < 4.78 is 11.1. The third-order valence-corrected chi connectivity index (χ3v) is 11.3. The number of nitrogens with one attached hydrogen (secondary N) is 1. The van der Waals surface area contributed by atoms with Crippen LogP contribution in [0.3, 0.4) is 0 Å². The highest BCUT2D eigenvalue weighted by atomic mass is 16.7. The van der Waals surface area contributed by atoms with E-state index in [4.69, 9.17) is 9.47 Å². The highest BCUT2D eigenvalue weighted by molar-refractivity contribution is 5.80. The minimum absolute atomic E-state index is 0.305. The molecule has 10 heteroatoms. The maximum absolute atomic E-state index is 13.0. The smallest absolute Gasteiger partial charge is 0.249 e. The first-order valence-electron chi connectivity index (χ1n) is 23.8. The molecule has 1 amide bonds. The summed E-state index contributed by atoms with van der Waals surface area (Å²) in [5.41, 5.74) is 0. The van der Waals surface area contributed by atoms with E-state index in [1.54, 1.807) is 6.08 Å². The van der Waals surface area contributed by atoms with Gasteiger partial charge in [-0.3, -0.25) is 4.79 Å². The van der Waals surface area contributed by atoms with Gasteiger partial charge in [-0.05, 0) is 70.6 Å². The number of unbranched alkanes of at least 4 members (excludes halogenated alkanes) is 24. The molecule has 0 aliphatic carbocycles. The average molecular weight is 824 g/mol. The summed E-state index contributed by atoms with van der Waals surface area (Å²) >= 11 is 0. The van der Waals surface area contributed by atoms with Gasteiger partial charge in [0.25, 0.3) is 0 Å². The van der Waals surface area contributed by atoms with Crippen LogP contribution in [0.25, 0.3) is 0 Å². The van der Waals surface area contributed by atoms with Gasteiger partial charge < -0.3 is 45.4 Å². The number of rotatable bonds is 39. The molecule has 10 nitrogen and oxygen atoms in total. The molecule has 0 spiro atoms. The number of amides is 1. The first-order chi connectivity index (χ1) is 28.3. The summed E-state index contributed by atoms with van der Waals surface area (Å²) in [5.74, 6) is -0.624. The number of carbonyl (C=O) groups is 1. The second kappa shape index (κ2) is 38.3. The van der Waals surface area contributed by atoms with E-state index in [1.807, 2.05) is 6.08 Å². The van der Waals surface area contributed by atoms with E-state index >= 15 is 0 Å². The first kappa shape index (κ1) is 54.4. The highest BCUT2D eigenvalue weighted by Crippen LogP contribution is 2.23. The van der Waals surface area contributed by atoms with Crippen LogP contribution >= 0.6 is 0 Å². The average Bonchev–Trinajstić information content (AvgIpc) is 3.22. The number of hydrogen-bond donors (Lipinski definition) is 7. The van der Waals surface area contributed by atoms with E-state index < -0.39 is 61.5 Å². The van der Waals surface area contributed by atoms with Gasteiger partial charge in [0.1, 0.15) is 30.5 Å². The van der Waals surface area contributed by atoms with E-state index in [0.29, 0.717) is 12.8 Å². The Morgan fingerprint density at radius 3 is 1.48 bits per heavy atom. The van der Waals surface area contributed by atoms with Gasteiger partial charge in [0.15, 0.2) is 6.29 Å². The van der Waals surface area contributed by atoms with Crippen LogP contribution in [-0.4, -0.2) is 98.7 Å². The Kier molecular flexibility index (Phi) is 35.9. The number of aliphatic hydroxyl groups excluding tert-OH is 6. The van der Waals surface area contributed by atoms with E-state index in [0.717, 1.165) is 57.8 Å². The summed E-state index contributed by atoms with van der Waals surface area (Å²) in [6.07, 6.45) is 36.6. The van der Waals surface area contributed by atoms with Gasteiger partial charge in [0.2, 0.25) is 5.91 Å². The van der Waals surface area contributed by atoms with Crippen molar-refractivity contribution in [2.45, 2.75) is 249 Å². The lowest BCUT2D eigenvalue weighted by Gasteiger charge is -2.40. The predicted octanol–water partition coefficient (Wildman–Crippen LogP) is 9.03. The van der Waals surface area contributed by atoms with E-state index in [-0.39, 0.29) is 6.61 Å². The van der Waals surface area contributed by atoms with Crippen LogP contribution in [0, 0.1) is 0 Å². The van der Waals surface area contributed by atoms with Crippen LogP contribution in [0.2, 0.25) is 0 Å². The maximum atomic E-state index is 13.0. The quantitative estimate of drug-likeness (QED) is 0.0236. The summed E-state index contributed by atoms with van der Waals surface area (Å²) in [6.45, 7) is 3.57. The molecule has 1 aliphatic heterocycles. The highest BCUT2D eigenvalue weighted by Gasteiger charge is 2.44. The first-order valence-corrected chi connectivity index (χ1v) is 23.8. The molecule has 7 N–H and O–H groups in total. The van der Waals surface area contributed by atoms with Gasteiger partial charge in [0.05, 0.1) is 25.4 Å². The topological polar surface area (TPSA) is 169 Å². The molecule has 0 aromatic carbocycles. The lowest BCUT2D eigenvalue weighted by molar-refractivity contribution is -0.302. The Hall–Kier alpha value is -1.63. The maximum Gasteiger partial charge on any atom is 0.249 e. The Morgan fingerprint density at radius 1 is 0.586 bits per heavy atom. The molecule has 1 aliphatic rings. The predicted molar refractivity (Wildman–Crippen MR) is 236 cm³/mol. The van der Waals surface area contributed by atoms with Crippen molar-refractivity contribution in [3.05, 3.63) is 36.5 Å². The standard InChI is InChI=1S/C48H89NO9/c1-3-5-7-9-11-13-15-17-18-19-20-21-22-23-25-27-29-31-33-35-37-42(52)47(56)49-40(39-57-48-46(55)45(54)44(53)43(38-50)58-48)41(51)36-34-32-30-28-26-24-16-14-12-10-8-6-4-2/h14,16-18,34,36,40-46,48,50-55H,3-13,15,19-33,35,37-39H2,1-2H3,(H,49,56)/t40-,41+,42+,43?,44+,45+,46?,48+/m0/s1. The Balaban J connectivity index is 2.37. The third kappa shape index (κ3) is 28.0. The fourth-order valence-corrected chi connectivity index (χ4v) is 7.33. The van der Waals surface area contributed by atoms with Crippen molar-refractivity contribution in [3.8, 4) is 0 Å². The molecule has 8 atom stereocenters. The number of carbonyl (C=O) groups excluding carboxylic acids is 1. The lowest BCUT2D eigenvalue weighted by atomic mass is 9.99. The minimum atomic E-state index is -1.61. The number of allylic oxidation sites excluding steroid dienone is 5. The molecule has 0 saturated carbocycles. The molecule has 1 fully saturated rings. The zero-order chi connectivity index (χ0) is 42.5. The molecule has 0 bridgehead atoms. The Morgan fingerprint density at radius 2 is 1.00 bits per heavy atom. The van der Waals surface area contributed by atoms with Crippen molar-refractivity contribution in [2.24, 2.45) is 0 Å². The number of aliphatic hydroxyl groups is 6. The summed E-state index contributed by atoms with van der Waals surface area (Å²) in [6, 6.07) is -0.986. The second-order valence-electron chi connectivity index (χ2n) is 16.7. The number of ether oxygens (including phenoxy) is 2. The van der Waals surface area contributed by atoms with Gasteiger partial charge in [0, 0.05) is 0 Å². The van der Waals surface area contributed by atoms with Crippen LogP contribution in [0.5, 0.6) is 0 Å². The van der Waals surface area contributed by atoms with E-state index in [2.05, 4.69) is 43.5 Å². The van der Waals surface area contributed by atoms with Crippen molar-refractivity contribution in [3.63, 3.8) is 0 Å². The second-order valence-corrected chi connectivity index (χ2v) is 16.7. The SMILES string of the molecule is CCCCCCC=CCCCCCC=C[C@@H](O)[C@H](CO[C@@H]1OC(CO)[C@@H](O)[C@@H](O)C1O)NC(=O)[C@H](O)CCCCCCCCCCCCC=CCCCCCCCC. The Bertz CT molecular complexity index is 1020. The molecule has 1 rings (SSSR count). The molecule has 1 heterocycles. The van der Waals surface area contributed by atoms with Crippen molar-refractivity contribution in [1.29, 1.82) is 0 Å². The third-order valence-electron chi connectivity index (χ3n) is 11.3. The van der Waals surface area contributed by atoms with Crippen molar-refractivity contribution in [1.82, 2.24) is 5.32 Å². The number of hydrogen-bond acceptors (Lipinski definition) is 9. The molecule has 0 aromatic rings. The molecule has 0 radical (unpaired) electrons. The van der Waals surface area contributed by atoms with Crippen molar-refractivity contribution >= 4 is 5.91 Å². The monoisotopic (exact) mass is 824 g/mol. The molecule has 0 aromatic heterocycles. The van der Waals surface area contributed by atoms with Gasteiger partial charge in [-0.1, -0.05) is 166 Å². The van der Waals surface area contributed by atoms with Gasteiger partial charge in [-0.25, -0.2) is 0 Å². The summed E-state index contributed by atoms with van der Waals surface area (Å²) in [7, 11) is 0. The summed E-state index contributed by atoms with van der Waals surface area (Å²) in [5, 5.41) is 64.6. The van der Waals surface area contributed by atoms with Crippen LogP contribution in [0.15, 0.2) is 36.5 Å². The van der Waals surface area contributed by atoms with E-state index in [9.17, 15) is 35.4 Å². The van der Waals surface area contributed by atoms with Crippen molar-refractivity contribution in [2.75, 3.05) is 13.2 Å². The fourth-order valence-electron chi connectivity index (χ4n) is 7.33. The molecular formula is C48H89NO9. The van der Waals surface area contributed by atoms with Crippen molar-refractivity contribution < 1.29 is 44.9 Å². The molecule has 2 unspecified atom stereocenters. The Labute approximate surface area is 354 Å². The van der Waals surface area contributed by atoms with Crippen LogP contribution in [-0.2, 0) is 14.3 Å². The van der Waals surface area contributed by atoms with E-state index in [1.165, 1.54) is 116 Å². The zero-order valence-electron chi connectivity index (χ0n) is 36.9. The van der Waals surface area contributed by atoms with Gasteiger partial charge in [-0.15, -0.1) is 0 Å². The lowest BCUT2D eigenvalue weighted by Crippen LogP contribution is -2.60. The molecule has 1 saturated heterocycles. The molecule has 340 valence electrons. The molecule has 58 heavy (non-hydrogen) atoms. The van der Waals surface area contributed by atoms with Crippen LogP contribution < -0.4 is 5.32 Å². The normalized spacial score (nSPS) is 21.7. The van der Waals surface area contributed by atoms with Crippen LogP contribution in [0.1, 0.15) is 200 Å². The largest absolute Gasteiger partial charge is 0.394 e. The fraction of sp³-hybridized carbons (Fsp3) is 0.854. The van der Waals surface area contributed by atoms with Crippen LogP contribution in [0.4, 0.5) is 0 Å². The molecular weight excluding hydrogens is 735 g/mol.